The highest BCUT2D eigenvalue weighted by Crippen LogP contribution is 2.37. The number of aliphatic carboxylic acids is 2. The molecule has 0 aromatic heterocycles. The van der Waals surface area contributed by atoms with Crippen LogP contribution >= 0.6 is 0 Å². The maximum Gasteiger partial charge on any atom is 0.410 e. The summed E-state index contributed by atoms with van der Waals surface area (Å²) >= 11 is 0. The minimum Gasteiger partial charge on any atom is -0.497 e. The van der Waals surface area contributed by atoms with Gasteiger partial charge in [0.15, 0.2) is 0 Å². The lowest BCUT2D eigenvalue weighted by atomic mass is 9.76. The summed E-state index contributed by atoms with van der Waals surface area (Å²) in [5.74, 6) is -0.947. The van der Waals surface area contributed by atoms with Crippen molar-refractivity contribution in [1.29, 1.82) is 0 Å². The van der Waals surface area contributed by atoms with E-state index in [0.717, 1.165) is 15.4 Å². The lowest BCUT2D eigenvalue weighted by molar-refractivity contribution is -0.146. The van der Waals surface area contributed by atoms with Gasteiger partial charge < -0.3 is 29.2 Å². The normalized spacial score (nSPS) is 13.1. The smallest absolute Gasteiger partial charge is 0.410 e. The minimum atomic E-state index is -1.12. The molecule has 0 bridgehead atoms. The number of amides is 2. The number of likely N-dealkylation sites (N-methyl/N-ethyl adjacent to an activating group) is 2. The number of rotatable bonds is 10. The molecule has 0 unspecified atom stereocenters. The second kappa shape index (κ2) is 16.1. The molecule has 2 amide bonds. The van der Waals surface area contributed by atoms with Crippen LogP contribution in [0.5, 0.6) is 11.5 Å². The third-order valence-electron chi connectivity index (χ3n) is 7.61. The molecular formula is C36H54N2O10. The molecule has 0 aliphatic carbocycles. The number of carboxylic acids is 2. The molecule has 0 radical (unpaired) electrons. The van der Waals surface area contributed by atoms with E-state index in [1.165, 1.54) is 21.2 Å². The Bertz CT molecular complexity index is 1410. The predicted octanol–water partition coefficient (Wildman–Crippen LogP) is 6.59. The topological polar surface area (TPSA) is 152 Å². The number of hydrogen-bond donors (Lipinski definition) is 2. The van der Waals surface area contributed by atoms with Crippen molar-refractivity contribution >= 4 is 24.1 Å². The number of carbonyl (C=O) groups excluding carboxylic acids is 2. The first-order valence-electron chi connectivity index (χ1n) is 15.5. The van der Waals surface area contributed by atoms with Crippen LogP contribution in [0.15, 0.2) is 48.5 Å². The van der Waals surface area contributed by atoms with Crippen molar-refractivity contribution in [2.45, 2.75) is 103 Å². The number of nitrogens with zero attached hydrogens (tertiary/aromatic N) is 2. The highest BCUT2D eigenvalue weighted by Gasteiger charge is 2.45. The van der Waals surface area contributed by atoms with E-state index < -0.39 is 58.2 Å². The molecule has 12 heteroatoms. The van der Waals surface area contributed by atoms with E-state index in [-0.39, 0.29) is 0 Å². The summed E-state index contributed by atoms with van der Waals surface area (Å²) in [6.45, 7) is 17.5. The van der Waals surface area contributed by atoms with Crippen molar-refractivity contribution in [2.24, 2.45) is 0 Å². The Kier molecular flexibility index (Phi) is 13.9. The molecule has 2 aromatic carbocycles. The molecule has 0 aliphatic heterocycles. The lowest BCUT2D eigenvalue weighted by Crippen LogP contribution is -2.54. The molecule has 12 nitrogen and oxygen atoms in total. The quantitative estimate of drug-likeness (QED) is 0.282. The van der Waals surface area contributed by atoms with Crippen LogP contribution in [0.3, 0.4) is 0 Å². The Hall–Kier alpha value is -4.48. The van der Waals surface area contributed by atoms with E-state index in [1.807, 2.05) is 12.1 Å². The van der Waals surface area contributed by atoms with Gasteiger partial charge in [0.25, 0.3) is 0 Å². The number of methoxy groups -OCH3 is 2. The molecule has 2 aromatic rings. The zero-order valence-corrected chi connectivity index (χ0v) is 30.8. The highest BCUT2D eigenvalue weighted by molar-refractivity contribution is 5.83. The van der Waals surface area contributed by atoms with Crippen molar-refractivity contribution in [3.63, 3.8) is 0 Å². The molecule has 0 spiro atoms. The second-order valence-electron chi connectivity index (χ2n) is 14.5. The predicted molar refractivity (Wildman–Crippen MR) is 183 cm³/mol. The Morgan fingerprint density at radius 2 is 1.00 bits per heavy atom. The molecule has 0 saturated heterocycles. The Morgan fingerprint density at radius 3 is 1.35 bits per heavy atom. The largest absolute Gasteiger partial charge is 0.497 e. The fourth-order valence-electron chi connectivity index (χ4n) is 5.30. The van der Waals surface area contributed by atoms with E-state index in [0.29, 0.717) is 17.1 Å². The second-order valence-corrected chi connectivity index (χ2v) is 14.5. The van der Waals surface area contributed by atoms with Gasteiger partial charge in [0.2, 0.25) is 0 Å². The zero-order valence-electron chi connectivity index (χ0n) is 30.8. The fraction of sp³-hybridized carbons (Fsp3) is 0.556. The van der Waals surface area contributed by atoms with Gasteiger partial charge in [-0.15, -0.1) is 0 Å². The van der Waals surface area contributed by atoms with E-state index >= 15 is 0 Å². The first kappa shape index (κ1) is 41.5. The number of benzene rings is 2. The van der Waals surface area contributed by atoms with Crippen LogP contribution in [-0.2, 0) is 29.9 Å². The van der Waals surface area contributed by atoms with Crippen molar-refractivity contribution < 1.29 is 48.3 Å². The molecule has 0 saturated carbocycles. The van der Waals surface area contributed by atoms with Gasteiger partial charge in [0, 0.05) is 30.5 Å². The van der Waals surface area contributed by atoms with Crippen molar-refractivity contribution in [3.05, 3.63) is 59.7 Å². The first-order chi connectivity index (χ1) is 21.8. The summed E-state index contributed by atoms with van der Waals surface area (Å²) in [5, 5.41) is 19.5. The molecule has 0 aliphatic rings. The summed E-state index contributed by atoms with van der Waals surface area (Å²) in [4.78, 5) is 50.7. The van der Waals surface area contributed by atoms with Gasteiger partial charge >= 0.3 is 24.1 Å². The standard InChI is InChI=1S/2C18H27NO5/c1-17(2,3)24-16(22)19(6)14(15(20)21)18(4,5)12-8-10-13(23-7)11-9-12;1-17(2,3)24-16(22)19(6)14(15(20)21)18(4,5)12-10-8-9-11-13(12)23-7/h2*8-11,14H,1-7H3,(H,20,21)/t2*14-/m11/s1. The molecule has 0 heterocycles. The average Bonchev–Trinajstić information content (AvgIpc) is 2.95. The number of carboxylic acid groups (broad SMARTS) is 2. The number of carbonyl (C=O) groups is 4. The molecule has 2 N–H and O–H groups in total. The van der Waals surface area contributed by atoms with Crippen LogP contribution in [-0.4, -0.2) is 95.7 Å². The van der Waals surface area contributed by atoms with Gasteiger partial charge in [-0.2, -0.15) is 0 Å². The van der Waals surface area contributed by atoms with Crippen LogP contribution in [0.25, 0.3) is 0 Å². The monoisotopic (exact) mass is 674 g/mol. The number of hydrogen-bond acceptors (Lipinski definition) is 8. The lowest BCUT2D eigenvalue weighted by Gasteiger charge is -2.38. The molecule has 268 valence electrons. The van der Waals surface area contributed by atoms with E-state index in [9.17, 15) is 29.4 Å². The van der Waals surface area contributed by atoms with Crippen LogP contribution in [0.1, 0.15) is 80.4 Å². The zero-order chi connectivity index (χ0) is 37.4. The maximum atomic E-state index is 12.3. The van der Waals surface area contributed by atoms with Crippen molar-refractivity contribution in [2.75, 3.05) is 28.3 Å². The van der Waals surface area contributed by atoms with Crippen molar-refractivity contribution in [1.82, 2.24) is 9.80 Å². The molecule has 48 heavy (non-hydrogen) atoms. The van der Waals surface area contributed by atoms with Gasteiger partial charge in [-0.3, -0.25) is 9.80 Å². The van der Waals surface area contributed by atoms with E-state index in [4.69, 9.17) is 18.9 Å². The molecule has 2 atom stereocenters. The first-order valence-corrected chi connectivity index (χ1v) is 15.5. The number of ether oxygens (including phenoxy) is 4. The van der Waals surface area contributed by atoms with Gasteiger partial charge in [0.05, 0.1) is 14.2 Å². The van der Waals surface area contributed by atoms with E-state index in [1.54, 1.807) is 113 Å². The molecule has 0 fully saturated rings. The summed E-state index contributed by atoms with van der Waals surface area (Å²) in [6, 6.07) is 12.1. The van der Waals surface area contributed by atoms with Crippen LogP contribution in [0.4, 0.5) is 9.59 Å². The summed E-state index contributed by atoms with van der Waals surface area (Å²) < 4.78 is 21.1. The fourth-order valence-corrected chi connectivity index (χ4v) is 5.30. The summed E-state index contributed by atoms with van der Waals surface area (Å²) in [5.41, 5.74) is -1.64. The summed E-state index contributed by atoms with van der Waals surface area (Å²) in [7, 11) is 5.97. The SMILES string of the molecule is COc1ccc(C(C)(C)[C@@H](C(=O)O)N(C)C(=O)OC(C)(C)C)cc1.COc1ccccc1C(C)(C)[C@@H](C(=O)O)N(C)C(=O)OC(C)(C)C. The van der Waals surface area contributed by atoms with Gasteiger partial charge in [-0.1, -0.05) is 58.0 Å². The van der Waals surface area contributed by atoms with Gasteiger partial charge in [0.1, 0.15) is 34.8 Å². The van der Waals surface area contributed by atoms with Gasteiger partial charge in [-0.05, 0) is 65.3 Å². The molecular weight excluding hydrogens is 620 g/mol. The maximum absolute atomic E-state index is 12.3. The highest BCUT2D eigenvalue weighted by atomic mass is 16.6. The van der Waals surface area contributed by atoms with Crippen LogP contribution < -0.4 is 9.47 Å². The Labute approximate surface area is 284 Å². The van der Waals surface area contributed by atoms with Gasteiger partial charge in [-0.25, -0.2) is 19.2 Å². The minimum absolute atomic E-state index is 0.575. The van der Waals surface area contributed by atoms with E-state index in [2.05, 4.69) is 0 Å². The van der Waals surface area contributed by atoms with Crippen molar-refractivity contribution in [3.8, 4) is 11.5 Å². The third-order valence-corrected chi connectivity index (χ3v) is 7.61. The number of para-hydroxylation sites is 1. The Morgan fingerprint density at radius 1 is 0.604 bits per heavy atom. The molecule has 2 rings (SSSR count). The summed E-state index contributed by atoms with van der Waals surface area (Å²) in [6.07, 6.45) is -1.35. The Balaban J connectivity index is 0.000000480. The third kappa shape index (κ3) is 11.1. The van der Waals surface area contributed by atoms with Crippen LogP contribution in [0, 0.1) is 0 Å². The van der Waals surface area contributed by atoms with Crippen LogP contribution in [0.2, 0.25) is 0 Å². The average molecular weight is 675 g/mol.